The van der Waals surface area contributed by atoms with Gasteiger partial charge < -0.3 is 10.1 Å². The van der Waals surface area contributed by atoms with Crippen LogP contribution in [0.4, 0.5) is 5.69 Å². The Labute approximate surface area is 133 Å². The van der Waals surface area contributed by atoms with Gasteiger partial charge in [-0.2, -0.15) is 0 Å². The number of halogens is 2. The fourth-order valence-electron chi connectivity index (χ4n) is 2.03. The highest BCUT2D eigenvalue weighted by Crippen LogP contribution is 2.28. The van der Waals surface area contributed by atoms with Crippen molar-refractivity contribution in [1.82, 2.24) is 0 Å². The Kier molecular flexibility index (Phi) is 5.10. The Hall–Kier alpha value is -1.71. The van der Waals surface area contributed by atoms with Crippen LogP contribution >= 0.6 is 23.2 Å². The smallest absolute Gasteiger partial charge is 0.337 e. The third kappa shape index (κ3) is 3.90. The van der Waals surface area contributed by atoms with Gasteiger partial charge in [0, 0.05) is 21.8 Å². The van der Waals surface area contributed by atoms with Crippen molar-refractivity contribution in [2.75, 3.05) is 12.4 Å². The fourth-order valence-corrected chi connectivity index (χ4v) is 2.61. The van der Waals surface area contributed by atoms with Gasteiger partial charge in [-0.15, -0.1) is 0 Å². The molecule has 1 unspecified atom stereocenters. The van der Waals surface area contributed by atoms with E-state index in [-0.39, 0.29) is 12.0 Å². The molecule has 0 fully saturated rings. The summed E-state index contributed by atoms with van der Waals surface area (Å²) in [5.41, 5.74) is 2.25. The van der Waals surface area contributed by atoms with Crippen molar-refractivity contribution < 1.29 is 9.53 Å². The van der Waals surface area contributed by atoms with Crippen molar-refractivity contribution in [2.24, 2.45) is 0 Å². The van der Waals surface area contributed by atoms with Crippen molar-refractivity contribution in [3.05, 3.63) is 63.6 Å². The summed E-state index contributed by atoms with van der Waals surface area (Å²) in [5.74, 6) is -0.365. The van der Waals surface area contributed by atoms with E-state index in [1.807, 2.05) is 19.1 Å². The Balaban J connectivity index is 2.19. The lowest BCUT2D eigenvalue weighted by atomic mass is 10.1. The van der Waals surface area contributed by atoms with Crippen LogP contribution in [0.2, 0.25) is 10.0 Å². The number of hydrogen-bond donors (Lipinski definition) is 1. The zero-order valence-corrected chi connectivity index (χ0v) is 13.2. The number of hydrogen-bond acceptors (Lipinski definition) is 3. The molecule has 0 aliphatic carbocycles. The van der Waals surface area contributed by atoms with Gasteiger partial charge in [-0.25, -0.2) is 4.79 Å². The van der Waals surface area contributed by atoms with Gasteiger partial charge in [-0.1, -0.05) is 35.3 Å². The van der Waals surface area contributed by atoms with Crippen LogP contribution in [0.1, 0.15) is 28.9 Å². The number of anilines is 1. The summed E-state index contributed by atoms with van der Waals surface area (Å²) in [7, 11) is 1.36. The number of esters is 1. The number of benzene rings is 2. The van der Waals surface area contributed by atoms with E-state index in [2.05, 4.69) is 5.32 Å². The number of nitrogens with one attached hydrogen (secondary N) is 1. The van der Waals surface area contributed by atoms with Crippen LogP contribution in [-0.4, -0.2) is 13.1 Å². The van der Waals surface area contributed by atoms with Crippen LogP contribution < -0.4 is 5.32 Å². The zero-order chi connectivity index (χ0) is 15.4. The summed E-state index contributed by atoms with van der Waals surface area (Å²) >= 11 is 12.1. The largest absolute Gasteiger partial charge is 0.465 e. The number of rotatable bonds is 4. The van der Waals surface area contributed by atoms with E-state index in [0.717, 1.165) is 11.3 Å². The van der Waals surface area contributed by atoms with Crippen LogP contribution in [0.15, 0.2) is 42.5 Å². The van der Waals surface area contributed by atoms with Crippen molar-refractivity contribution in [2.45, 2.75) is 13.0 Å². The van der Waals surface area contributed by atoms with Gasteiger partial charge in [0.1, 0.15) is 0 Å². The summed E-state index contributed by atoms with van der Waals surface area (Å²) < 4.78 is 4.71. The van der Waals surface area contributed by atoms with Gasteiger partial charge in [-0.3, -0.25) is 0 Å². The maximum absolute atomic E-state index is 11.5. The van der Waals surface area contributed by atoms with Crippen molar-refractivity contribution in [1.29, 1.82) is 0 Å². The molecule has 2 aromatic rings. The first-order valence-corrected chi connectivity index (χ1v) is 7.16. The molecule has 21 heavy (non-hydrogen) atoms. The first-order chi connectivity index (χ1) is 10.0. The molecule has 3 nitrogen and oxygen atoms in total. The van der Waals surface area contributed by atoms with Crippen LogP contribution in [-0.2, 0) is 4.74 Å². The van der Waals surface area contributed by atoms with E-state index in [0.29, 0.717) is 15.6 Å². The monoisotopic (exact) mass is 323 g/mol. The number of methoxy groups -OCH3 is 1. The van der Waals surface area contributed by atoms with Crippen molar-refractivity contribution in [3.8, 4) is 0 Å². The van der Waals surface area contributed by atoms with E-state index in [1.165, 1.54) is 7.11 Å². The molecule has 0 amide bonds. The topological polar surface area (TPSA) is 38.3 Å². The Morgan fingerprint density at radius 1 is 1.19 bits per heavy atom. The number of ether oxygens (including phenoxy) is 1. The van der Waals surface area contributed by atoms with Crippen molar-refractivity contribution >= 4 is 34.9 Å². The van der Waals surface area contributed by atoms with E-state index >= 15 is 0 Å². The minimum absolute atomic E-state index is 0.0253. The van der Waals surface area contributed by atoms with Gasteiger partial charge in [0.05, 0.1) is 12.7 Å². The quantitative estimate of drug-likeness (QED) is 0.809. The van der Waals surface area contributed by atoms with Gasteiger partial charge in [0.2, 0.25) is 0 Å². The maximum atomic E-state index is 11.5. The minimum atomic E-state index is -0.365. The molecule has 0 aromatic heterocycles. The lowest BCUT2D eigenvalue weighted by Gasteiger charge is -2.17. The summed E-state index contributed by atoms with van der Waals surface area (Å²) in [6, 6.07) is 12.5. The zero-order valence-electron chi connectivity index (χ0n) is 11.7. The lowest BCUT2D eigenvalue weighted by molar-refractivity contribution is 0.0601. The van der Waals surface area contributed by atoms with Gasteiger partial charge >= 0.3 is 5.97 Å². The predicted octanol–water partition coefficient (Wildman–Crippen LogP) is 4.95. The van der Waals surface area contributed by atoms with Crippen molar-refractivity contribution in [3.63, 3.8) is 0 Å². The molecule has 2 aromatic carbocycles. The summed E-state index contributed by atoms with van der Waals surface area (Å²) in [6.07, 6.45) is 0. The average molecular weight is 324 g/mol. The van der Waals surface area contributed by atoms with E-state index < -0.39 is 0 Å². The lowest BCUT2D eigenvalue weighted by Crippen LogP contribution is -2.08. The predicted molar refractivity (Wildman–Crippen MR) is 86.3 cm³/mol. The molecule has 0 heterocycles. The molecule has 1 N–H and O–H groups in total. The van der Waals surface area contributed by atoms with Crippen LogP contribution in [0.25, 0.3) is 0 Å². The van der Waals surface area contributed by atoms with Gasteiger partial charge in [0.15, 0.2) is 0 Å². The van der Waals surface area contributed by atoms with Crippen LogP contribution in [0.3, 0.4) is 0 Å². The standard InChI is InChI=1S/C16H15Cl2NO2/c1-10(14-7-6-12(17)9-15(14)18)19-13-5-3-4-11(8-13)16(20)21-2/h3-10,19H,1-2H3. The maximum Gasteiger partial charge on any atom is 0.337 e. The highest BCUT2D eigenvalue weighted by molar-refractivity contribution is 6.35. The molecule has 0 radical (unpaired) electrons. The highest BCUT2D eigenvalue weighted by atomic mass is 35.5. The van der Waals surface area contributed by atoms with Crippen LogP contribution in [0, 0.1) is 0 Å². The number of carbonyl (C=O) groups is 1. The third-order valence-corrected chi connectivity index (χ3v) is 3.66. The second-order valence-corrected chi connectivity index (χ2v) is 5.45. The first-order valence-electron chi connectivity index (χ1n) is 6.41. The second-order valence-electron chi connectivity index (χ2n) is 4.60. The molecule has 5 heteroatoms. The van der Waals surface area contributed by atoms with Gasteiger partial charge in [0.25, 0.3) is 0 Å². The van der Waals surface area contributed by atoms with Crippen LogP contribution in [0.5, 0.6) is 0 Å². The van der Waals surface area contributed by atoms with Gasteiger partial charge in [-0.05, 0) is 42.8 Å². The molecule has 0 saturated carbocycles. The molecular formula is C16H15Cl2NO2. The Morgan fingerprint density at radius 3 is 2.62 bits per heavy atom. The molecular weight excluding hydrogens is 309 g/mol. The second kappa shape index (κ2) is 6.83. The molecule has 0 spiro atoms. The third-order valence-electron chi connectivity index (χ3n) is 3.10. The summed E-state index contributed by atoms with van der Waals surface area (Å²) in [4.78, 5) is 11.5. The summed E-state index contributed by atoms with van der Waals surface area (Å²) in [6.45, 7) is 1.99. The molecule has 110 valence electrons. The molecule has 0 aliphatic heterocycles. The van der Waals surface area contributed by atoms with E-state index in [1.54, 1.807) is 30.3 Å². The Bertz CT molecular complexity index is 658. The number of carbonyl (C=O) groups excluding carboxylic acids is 1. The molecule has 1 atom stereocenters. The normalized spacial score (nSPS) is 11.8. The highest BCUT2D eigenvalue weighted by Gasteiger charge is 2.11. The Morgan fingerprint density at radius 2 is 1.95 bits per heavy atom. The molecule has 0 bridgehead atoms. The SMILES string of the molecule is COC(=O)c1cccc(NC(C)c2ccc(Cl)cc2Cl)c1. The average Bonchev–Trinajstić information content (AvgIpc) is 2.46. The van der Waals surface area contributed by atoms with E-state index in [4.69, 9.17) is 27.9 Å². The first kappa shape index (κ1) is 15.7. The fraction of sp³-hybridized carbons (Fsp3) is 0.188. The molecule has 2 rings (SSSR count). The van der Waals surface area contributed by atoms with E-state index in [9.17, 15) is 4.79 Å². The molecule has 0 aliphatic rings. The summed E-state index contributed by atoms with van der Waals surface area (Å²) in [5, 5.41) is 4.51. The minimum Gasteiger partial charge on any atom is -0.465 e. The molecule has 0 saturated heterocycles.